The van der Waals surface area contributed by atoms with E-state index in [1.54, 1.807) is 24.3 Å². The second-order valence-electron chi connectivity index (χ2n) is 6.36. The SMILES string of the molecule is CC(=O)CCC(=O)Nc1cc(Cl)c(-c2cccc3c(Br)c(O)ccc23)c(Cl)c1. The molecular formula is C21H16BrCl2NO3. The number of nitrogens with one attached hydrogen (secondary N) is 1. The maximum atomic E-state index is 12.0. The third-order valence-electron chi connectivity index (χ3n) is 4.27. The van der Waals surface area contributed by atoms with Crippen LogP contribution in [0.2, 0.25) is 10.0 Å². The van der Waals surface area contributed by atoms with Gasteiger partial charge in [-0.25, -0.2) is 0 Å². The molecule has 0 saturated heterocycles. The molecule has 0 atom stereocenters. The fourth-order valence-corrected chi connectivity index (χ4v) is 4.11. The Kier molecular flexibility index (Phi) is 6.28. The third-order valence-corrected chi connectivity index (χ3v) is 5.70. The number of hydrogen-bond donors (Lipinski definition) is 2. The zero-order chi connectivity index (χ0) is 20.4. The van der Waals surface area contributed by atoms with Crippen molar-refractivity contribution in [1.29, 1.82) is 0 Å². The van der Waals surface area contributed by atoms with Gasteiger partial charge in [-0.3, -0.25) is 4.79 Å². The van der Waals surface area contributed by atoms with E-state index in [4.69, 9.17) is 23.2 Å². The first-order chi connectivity index (χ1) is 13.3. The molecule has 7 heteroatoms. The number of anilines is 1. The van der Waals surface area contributed by atoms with Crippen LogP contribution in [0.1, 0.15) is 19.8 Å². The van der Waals surface area contributed by atoms with E-state index in [9.17, 15) is 14.7 Å². The first kappa shape index (κ1) is 20.6. The van der Waals surface area contributed by atoms with Crippen molar-refractivity contribution in [2.24, 2.45) is 0 Å². The van der Waals surface area contributed by atoms with Gasteiger partial charge in [0.15, 0.2) is 0 Å². The molecule has 0 aliphatic carbocycles. The lowest BCUT2D eigenvalue weighted by Gasteiger charge is -2.14. The minimum Gasteiger partial charge on any atom is -0.507 e. The number of ketones is 1. The Morgan fingerprint density at radius 2 is 1.71 bits per heavy atom. The van der Waals surface area contributed by atoms with Gasteiger partial charge in [0, 0.05) is 29.5 Å². The van der Waals surface area contributed by atoms with Crippen molar-refractivity contribution in [1.82, 2.24) is 0 Å². The smallest absolute Gasteiger partial charge is 0.224 e. The van der Waals surface area contributed by atoms with Crippen molar-refractivity contribution in [2.75, 3.05) is 5.32 Å². The van der Waals surface area contributed by atoms with Crippen LogP contribution in [0.4, 0.5) is 5.69 Å². The van der Waals surface area contributed by atoms with E-state index in [0.717, 1.165) is 16.3 Å². The van der Waals surface area contributed by atoms with E-state index in [-0.39, 0.29) is 30.3 Å². The van der Waals surface area contributed by atoms with Gasteiger partial charge < -0.3 is 15.2 Å². The highest BCUT2D eigenvalue weighted by Crippen LogP contribution is 2.43. The van der Waals surface area contributed by atoms with Crippen LogP contribution in [0.15, 0.2) is 46.9 Å². The molecular weight excluding hydrogens is 465 g/mol. The Bertz CT molecular complexity index is 1080. The van der Waals surface area contributed by atoms with Gasteiger partial charge in [0.05, 0.1) is 14.5 Å². The van der Waals surface area contributed by atoms with E-state index >= 15 is 0 Å². The second-order valence-corrected chi connectivity index (χ2v) is 7.97. The average molecular weight is 481 g/mol. The number of rotatable bonds is 5. The van der Waals surface area contributed by atoms with Crippen molar-refractivity contribution in [2.45, 2.75) is 19.8 Å². The lowest BCUT2D eigenvalue weighted by atomic mass is 9.97. The zero-order valence-corrected chi connectivity index (χ0v) is 18.0. The standard InChI is InChI=1S/C21H16BrCl2NO3/c1-11(26)5-8-19(28)25-12-9-16(23)20(17(24)10-12)14-3-2-4-15-13(14)6-7-18(27)21(15)22/h2-4,6-7,9-10,27H,5,8H2,1H3,(H,25,28). The summed E-state index contributed by atoms with van der Waals surface area (Å²) in [6, 6.07) is 12.3. The molecule has 0 heterocycles. The predicted molar refractivity (Wildman–Crippen MR) is 117 cm³/mol. The van der Waals surface area contributed by atoms with E-state index < -0.39 is 0 Å². The summed E-state index contributed by atoms with van der Waals surface area (Å²) in [5.41, 5.74) is 1.90. The van der Waals surface area contributed by atoms with Crippen LogP contribution in [0.5, 0.6) is 5.75 Å². The number of carbonyl (C=O) groups excluding carboxylic acids is 2. The molecule has 0 spiro atoms. The summed E-state index contributed by atoms with van der Waals surface area (Å²) in [5, 5.41) is 15.1. The third kappa shape index (κ3) is 4.32. The summed E-state index contributed by atoms with van der Waals surface area (Å²) in [4.78, 5) is 23.0. The zero-order valence-electron chi connectivity index (χ0n) is 14.9. The number of hydrogen-bond acceptors (Lipinski definition) is 3. The largest absolute Gasteiger partial charge is 0.507 e. The summed E-state index contributed by atoms with van der Waals surface area (Å²) < 4.78 is 0.591. The number of aromatic hydroxyl groups is 1. The van der Waals surface area contributed by atoms with Gasteiger partial charge in [-0.15, -0.1) is 0 Å². The minimum absolute atomic E-state index is 0.0466. The monoisotopic (exact) mass is 479 g/mol. The molecule has 0 saturated carbocycles. The topological polar surface area (TPSA) is 66.4 Å². The van der Waals surface area contributed by atoms with Gasteiger partial charge in [-0.05, 0) is 58.1 Å². The molecule has 0 bridgehead atoms. The van der Waals surface area contributed by atoms with E-state index in [2.05, 4.69) is 21.2 Å². The maximum absolute atomic E-state index is 12.0. The molecule has 0 aromatic heterocycles. The molecule has 1 amide bonds. The van der Waals surface area contributed by atoms with Gasteiger partial charge >= 0.3 is 0 Å². The minimum atomic E-state index is -0.278. The molecule has 0 aliphatic heterocycles. The van der Waals surface area contributed by atoms with Crippen LogP contribution in [0.3, 0.4) is 0 Å². The quantitative estimate of drug-likeness (QED) is 0.432. The van der Waals surface area contributed by atoms with Crippen molar-refractivity contribution < 1.29 is 14.7 Å². The predicted octanol–water partition coefficient (Wildman–Crippen LogP) is 6.59. The number of carbonyl (C=O) groups is 2. The number of phenols is 1. The Balaban J connectivity index is 2.01. The summed E-state index contributed by atoms with van der Waals surface area (Å²) >= 11 is 16.4. The summed E-state index contributed by atoms with van der Waals surface area (Å²) in [6.07, 6.45) is 0.288. The van der Waals surface area contributed by atoms with Crippen LogP contribution >= 0.6 is 39.1 Å². The van der Waals surface area contributed by atoms with Gasteiger partial charge in [0.25, 0.3) is 0 Å². The molecule has 0 aliphatic rings. The number of benzene rings is 3. The van der Waals surface area contributed by atoms with Crippen LogP contribution < -0.4 is 5.32 Å². The number of fused-ring (bicyclic) bond motifs is 1. The van der Waals surface area contributed by atoms with Gasteiger partial charge in [0.1, 0.15) is 11.5 Å². The Morgan fingerprint density at radius 1 is 1.04 bits per heavy atom. The Labute approximate surface area is 180 Å². The number of Topliss-reactive ketones (excluding diaryl/α,β-unsaturated/α-hetero) is 1. The molecule has 0 fully saturated rings. The van der Waals surface area contributed by atoms with Crippen molar-refractivity contribution >= 4 is 67.3 Å². The van der Waals surface area contributed by atoms with Crippen LogP contribution in [-0.2, 0) is 9.59 Å². The highest BCUT2D eigenvalue weighted by atomic mass is 79.9. The fraction of sp³-hybridized carbons (Fsp3) is 0.143. The molecule has 3 aromatic rings. The van der Waals surface area contributed by atoms with Crippen LogP contribution in [0, 0.1) is 0 Å². The molecule has 0 unspecified atom stereocenters. The first-order valence-corrected chi connectivity index (χ1v) is 10.0. The average Bonchev–Trinajstić information content (AvgIpc) is 2.63. The lowest BCUT2D eigenvalue weighted by molar-refractivity contribution is -0.121. The Hall–Kier alpha value is -2.08. The number of phenolic OH excluding ortho intramolecular Hbond substituents is 1. The molecule has 2 N–H and O–H groups in total. The summed E-state index contributed by atoms with van der Waals surface area (Å²) in [5.74, 6) is -0.181. The van der Waals surface area contributed by atoms with Gasteiger partial charge in [-0.1, -0.05) is 41.4 Å². The van der Waals surface area contributed by atoms with Crippen LogP contribution in [0.25, 0.3) is 21.9 Å². The molecule has 3 rings (SSSR count). The Morgan fingerprint density at radius 3 is 2.36 bits per heavy atom. The highest BCUT2D eigenvalue weighted by Gasteiger charge is 2.16. The van der Waals surface area contributed by atoms with Gasteiger partial charge in [0.2, 0.25) is 5.91 Å². The summed E-state index contributed by atoms with van der Waals surface area (Å²) in [6.45, 7) is 1.44. The molecule has 28 heavy (non-hydrogen) atoms. The molecule has 4 nitrogen and oxygen atoms in total. The van der Waals surface area contributed by atoms with Crippen molar-refractivity contribution in [3.8, 4) is 16.9 Å². The lowest BCUT2D eigenvalue weighted by Crippen LogP contribution is -2.12. The highest BCUT2D eigenvalue weighted by molar-refractivity contribution is 9.10. The normalized spacial score (nSPS) is 10.9. The first-order valence-electron chi connectivity index (χ1n) is 8.47. The molecule has 144 valence electrons. The molecule has 3 aromatic carbocycles. The second kappa shape index (κ2) is 8.52. The van der Waals surface area contributed by atoms with E-state index in [1.165, 1.54) is 6.92 Å². The molecule has 0 radical (unpaired) electrons. The number of amides is 1. The summed E-state index contributed by atoms with van der Waals surface area (Å²) in [7, 11) is 0. The maximum Gasteiger partial charge on any atom is 0.224 e. The number of halogens is 3. The van der Waals surface area contributed by atoms with E-state index in [0.29, 0.717) is 25.8 Å². The fourth-order valence-electron chi connectivity index (χ4n) is 2.94. The van der Waals surface area contributed by atoms with Crippen molar-refractivity contribution in [3.63, 3.8) is 0 Å². The van der Waals surface area contributed by atoms with Crippen molar-refractivity contribution in [3.05, 3.63) is 57.0 Å². The van der Waals surface area contributed by atoms with Crippen LogP contribution in [-0.4, -0.2) is 16.8 Å². The van der Waals surface area contributed by atoms with E-state index in [1.807, 2.05) is 18.2 Å². The van der Waals surface area contributed by atoms with Gasteiger partial charge in [-0.2, -0.15) is 0 Å².